The van der Waals surface area contributed by atoms with Gasteiger partial charge in [-0.2, -0.15) is 0 Å². The van der Waals surface area contributed by atoms with Crippen LogP contribution in [0.1, 0.15) is 18.5 Å². The van der Waals surface area contributed by atoms with Crippen LogP contribution in [-0.2, 0) is 0 Å². The van der Waals surface area contributed by atoms with E-state index in [1.54, 1.807) is 0 Å². The molecule has 1 aromatic carbocycles. The maximum Gasteiger partial charge on any atom is 0.344 e. The van der Waals surface area contributed by atoms with Crippen molar-refractivity contribution in [3.63, 3.8) is 0 Å². The van der Waals surface area contributed by atoms with Crippen LogP contribution in [0.5, 0.6) is 0 Å². The van der Waals surface area contributed by atoms with Crippen molar-refractivity contribution < 1.29 is 4.42 Å². The topological polar surface area (TPSA) is 54.0 Å². The monoisotopic (exact) mass is 400 g/mol. The first kappa shape index (κ1) is 17.7. The van der Waals surface area contributed by atoms with Crippen LogP contribution in [0.2, 0.25) is 0 Å². The Kier molecular flexibility index (Phi) is 3.96. The lowest BCUT2D eigenvalue weighted by Crippen LogP contribution is -2.50. The van der Waals surface area contributed by atoms with E-state index in [1.165, 1.54) is 19.4 Å². The summed E-state index contributed by atoms with van der Waals surface area (Å²) in [5.41, 5.74) is 4.80. The molecule has 2 fully saturated rings. The van der Waals surface area contributed by atoms with Crippen molar-refractivity contribution >= 4 is 22.2 Å². The molecule has 0 unspecified atom stereocenters. The summed E-state index contributed by atoms with van der Waals surface area (Å²) in [6, 6.07) is 10.8. The van der Waals surface area contributed by atoms with Crippen LogP contribution in [0.3, 0.4) is 0 Å². The molecule has 5 heterocycles. The minimum atomic E-state index is -0.305. The highest BCUT2D eigenvalue weighted by molar-refractivity contribution is 5.85. The molecule has 6 heteroatoms. The van der Waals surface area contributed by atoms with Crippen molar-refractivity contribution in [2.75, 3.05) is 31.1 Å². The van der Waals surface area contributed by atoms with E-state index < -0.39 is 0 Å². The van der Waals surface area contributed by atoms with E-state index in [9.17, 15) is 4.79 Å². The second-order valence-corrected chi connectivity index (χ2v) is 8.54. The summed E-state index contributed by atoms with van der Waals surface area (Å²) >= 11 is 0. The molecule has 0 N–H and O–H groups in total. The molecule has 6 rings (SSSR count). The van der Waals surface area contributed by atoms with E-state index in [0.717, 1.165) is 47.5 Å². The standard InChI is InChI=1S/C24H24N4O2/c1-16-13-28-14-18(9-21(28)12-25-16)22-10-17-4-5-19(11-23(17)30-24(22)29)27-8-7-26-6-2-3-20(26)15-27/h4-5,9-14,20H,2-3,6-8,15H2,1H3/t20-/m0/s1. The van der Waals surface area contributed by atoms with Gasteiger partial charge in [0.2, 0.25) is 0 Å². The Hall–Kier alpha value is -3.12. The molecular weight excluding hydrogens is 376 g/mol. The van der Waals surface area contributed by atoms with Gasteiger partial charge in [-0.05, 0) is 50.6 Å². The van der Waals surface area contributed by atoms with Crippen LogP contribution < -0.4 is 10.5 Å². The highest BCUT2D eigenvalue weighted by Crippen LogP contribution is 2.29. The third-order valence-corrected chi connectivity index (χ3v) is 6.59. The fraction of sp³-hybridized carbons (Fsp3) is 0.333. The first-order valence-electron chi connectivity index (χ1n) is 10.7. The van der Waals surface area contributed by atoms with E-state index in [1.807, 2.05) is 48.1 Å². The zero-order valence-corrected chi connectivity index (χ0v) is 17.0. The fourth-order valence-corrected chi connectivity index (χ4v) is 4.98. The number of hydrogen-bond donors (Lipinski definition) is 0. The van der Waals surface area contributed by atoms with Crippen LogP contribution >= 0.6 is 0 Å². The largest absolute Gasteiger partial charge is 0.422 e. The first-order chi connectivity index (χ1) is 14.6. The molecular formula is C24H24N4O2. The van der Waals surface area contributed by atoms with Gasteiger partial charge in [0, 0.05) is 60.8 Å². The number of hydrogen-bond acceptors (Lipinski definition) is 5. The molecule has 2 aliphatic rings. The highest BCUT2D eigenvalue weighted by atomic mass is 16.4. The van der Waals surface area contributed by atoms with Crippen LogP contribution in [0.25, 0.3) is 27.6 Å². The summed E-state index contributed by atoms with van der Waals surface area (Å²) in [4.78, 5) is 22.2. The van der Waals surface area contributed by atoms with Gasteiger partial charge in [-0.1, -0.05) is 0 Å². The number of rotatable bonds is 2. The van der Waals surface area contributed by atoms with Gasteiger partial charge in [0.25, 0.3) is 0 Å². The number of benzene rings is 1. The molecule has 0 spiro atoms. The molecule has 2 saturated heterocycles. The van der Waals surface area contributed by atoms with Gasteiger partial charge in [0.05, 0.1) is 23.0 Å². The molecule has 30 heavy (non-hydrogen) atoms. The molecule has 0 radical (unpaired) electrons. The average Bonchev–Trinajstić information content (AvgIpc) is 3.38. The lowest BCUT2D eigenvalue weighted by molar-refractivity contribution is 0.231. The third-order valence-electron chi connectivity index (χ3n) is 6.59. The summed E-state index contributed by atoms with van der Waals surface area (Å²) in [5.74, 6) is 0. The normalized spacial score (nSPS) is 19.6. The molecule has 0 saturated carbocycles. The molecule has 0 amide bonds. The van der Waals surface area contributed by atoms with E-state index in [0.29, 0.717) is 17.2 Å². The maximum atomic E-state index is 12.8. The van der Waals surface area contributed by atoms with Crippen LogP contribution in [-0.4, -0.2) is 46.5 Å². The Labute approximate surface area is 174 Å². The molecule has 152 valence electrons. The molecule has 6 nitrogen and oxygen atoms in total. The molecule has 4 aromatic rings. The minimum absolute atomic E-state index is 0.305. The number of nitrogens with zero attached hydrogens (tertiary/aromatic N) is 4. The van der Waals surface area contributed by atoms with Gasteiger partial charge in [-0.15, -0.1) is 0 Å². The second-order valence-electron chi connectivity index (χ2n) is 8.54. The molecule has 0 aliphatic carbocycles. The minimum Gasteiger partial charge on any atom is -0.422 e. The third kappa shape index (κ3) is 2.91. The smallest absolute Gasteiger partial charge is 0.344 e. The van der Waals surface area contributed by atoms with Gasteiger partial charge in [-0.25, -0.2) is 4.79 Å². The summed E-state index contributed by atoms with van der Waals surface area (Å²) in [6.07, 6.45) is 8.31. The fourth-order valence-electron chi connectivity index (χ4n) is 4.98. The summed E-state index contributed by atoms with van der Waals surface area (Å²) in [5, 5.41) is 0.942. The predicted molar refractivity (Wildman–Crippen MR) is 118 cm³/mol. The van der Waals surface area contributed by atoms with Crippen molar-refractivity contribution in [3.8, 4) is 11.1 Å². The molecule has 3 aromatic heterocycles. The van der Waals surface area contributed by atoms with Crippen molar-refractivity contribution in [3.05, 3.63) is 65.0 Å². The highest BCUT2D eigenvalue weighted by Gasteiger charge is 2.30. The predicted octanol–water partition coefficient (Wildman–Crippen LogP) is 3.70. The zero-order chi connectivity index (χ0) is 20.2. The van der Waals surface area contributed by atoms with E-state index >= 15 is 0 Å². The number of piperazine rings is 1. The van der Waals surface area contributed by atoms with Crippen molar-refractivity contribution in [2.45, 2.75) is 25.8 Å². The van der Waals surface area contributed by atoms with Crippen molar-refractivity contribution in [2.24, 2.45) is 0 Å². The number of fused-ring (bicyclic) bond motifs is 3. The van der Waals surface area contributed by atoms with E-state index in [4.69, 9.17) is 4.42 Å². The number of anilines is 1. The Morgan fingerprint density at radius 3 is 2.97 bits per heavy atom. The quantitative estimate of drug-likeness (QED) is 0.480. The van der Waals surface area contributed by atoms with Crippen molar-refractivity contribution in [1.82, 2.24) is 14.3 Å². The molecule has 1 atom stereocenters. The summed E-state index contributed by atoms with van der Waals surface area (Å²) in [6.45, 7) is 6.38. The van der Waals surface area contributed by atoms with Gasteiger partial charge >= 0.3 is 5.63 Å². The maximum absolute atomic E-state index is 12.8. The number of aromatic nitrogens is 2. The lowest BCUT2D eigenvalue weighted by Gasteiger charge is -2.38. The lowest BCUT2D eigenvalue weighted by atomic mass is 10.1. The van der Waals surface area contributed by atoms with Crippen LogP contribution in [0, 0.1) is 6.92 Å². The summed E-state index contributed by atoms with van der Waals surface area (Å²) < 4.78 is 7.76. The Bertz CT molecular complexity index is 1320. The molecule has 2 aliphatic heterocycles. The average molecular weight is 400 g/mol. The Morgan fingerprint density at radius 1 is 1.10 bits per heavy atom. The van der Waals surface area contributed by atoms with E-state index in [-0.39, 0.29) is 5.63 Å². The number of aryl methyl sites for hydroxylation is 1. The van der Waals surface area contributed by atoms with Gasteiger partial charge in [0.1, 0.15) is 5.58 Å². The molecule has 0 bridgehead atoms. The Balaban J connectivity index is 1.36. The van der Waals surface area contributed by atoms with Gasteiger partial charge < -0.3 is 13.7 Å². The van der Waals surface area contributed by atoms with E-state index in [2.05, 4.69) is 26.9 Å². The van der Waals surface area contributed by atoms with Crippen molar-refractivity contribution in [1.29, 1.82) is 0 Å². The Morgan fingerprint density at radius 2 is 2.03 bits per heavy atom. The van der Waals surface area contributed by atoms with Gasteiger partial charge in [-0.3, -0.25) is 9.88 Å². The first-order valence-corrected chi connectivity index (χ1v) is 10.7. The van der Waals surface area contributed by atoms with Gasteiger partial charge in [0.15, 0.2) is 0 Å². The summed E-state index contributed by atoms with van der Waals surface area (Å²) in [7, 11) is 0. The second kappa shape index (κ2) is 6.71. The SMILES string of the molecule is Cc1cn2cc(-c3cc4ccc(N5CCN6CCC[C@H]6C5)cc4oc3=O)cc2cn1. The van der Waals surface area contributed by atoms with Crippen LogP contribution in [0.15, 0.2) is 58.1 Å². The zero-order valence-electron chi connectivity index (χ0n) is 17.0. The van der Waals surface area contributed by atoms with Crippen LogP contribution in [0.4, 0.5) is 5.69 Å².